The van der Waals surface area contributed by atoms with Crippen molar-refractivity contribution in [2.75, 3.05) is 19.7 Å². The van der Waals surface area contributed by atoms with Crippen molar-refractivity contribution in [1.29, 1.82) is 0 Å². The summed E-state index contributed by atoms with van der Waals surface area (Å²) >= 11 is 0. The minimum absolute atomic E-state index is 0.154. The second-order valence-electron chi connectivity index (χ2n) is 6.32. The molecule has 1 fully saturated rings. The van der Waals surface area contributed by atoms with Gasteiger partial charge in [0.15, 0.2) is 0 Å². The van der Waals surface area contributed by atoms with Gasteiger partial charge in [0.2, 0.25) is 5.91 Å². The molecule has 1 N–H and O–H groups in total. The van der Waals surface area contributed by atoms with Crippen molar-refractivity contribution in [3.8, 4) is 5.75 Å². The van der Waals surface area contributed by atoms with Gasteiger partial charge in [-0.25, -0.2) is 0 Å². The van der Waals surface area contributed by atoms with Crippen molar-refractivity contribution in [2.24, 2.45) is 5.92 Å². The van der Waals surface area contributed by atoms with E-state index in [-0.39, 0.29) is 12.3 Å². The van der Waals surface area contributed by atoms with Gasteiger partial charge in [0.25, 0.3) is 0 Å². The fourth-order valence-electron chi connectivity index (χ4n) is 3.26. The molecular weight excluding hydrogens is 306 g/mol. The minimum atomic E-state index is -0.758. The number of para-hydroxylation sites is 1. The molecule has 0 unspecified atom stereocenters. The Balaban J connectivity index is 1.84. The molecule has 0 aliphatic carbocycles. The van der Waals surface area contributed by atoms with Crippen LogP contribution in [0, 0.1) is 5.92 Å². The lowest BCUT2D eigenvalue weighted by Crippen LogP contribution is -2.40. The van der Waals surface area contributed by atoms with Crippen LogP contribution in [0.5, 0.6) is 5.75 Å². The number of ether oxygens (including phenoxy) is 1. The van der Waals surface area contributed by atoms with Crippen molar-refractivity contribution in [3.63, 3.8) is 0 Å². The largest absolute Gasteiger partial charge is 0.494 e. The lowest BCUT2D eigenvalue weighted by atomic mass is 9.93. The number of benzene rings is 1. The summed E-state index contributed by atoms with van der Waals surface area (Å²) in [4.78, 5) is 25.1. The van der Waals surface area contributed by atoms with E-state index >= 15 is 0 Å². The van der Waals surface area contributed by atoms with Crippen molar-refractivity contribution in [2.45, 2.75) is 45.4 Å². The van der Waals surface area contributed by atoms with Crippen LogP contribution >= 0.6 is 0 Å². The van der Waals surface area contributed by atoms with Gasteiger partial charge in [-0.15, -0.1) is 0 Å². The van der Waals surface area contributed by atoms with Crippen molar-refractivity contribution in [1.82, 2.24) is 4.90 Å². The van der Waals surface area contributed by atoms with E-state index in [2.05, 4.69) is 0 Å². The maximum atomic E-state index is 12.5. The highest BCUT2D eigenvalue weighted by atomic mass is 16.5. The summed E-state index contributed by atoms with van der Waals surface area (Å²) in [7, 11) is 0. The summed E-state index contributed by atoms with van der Waals surface area (Å²) < 4.78 is 5.61. The Hall–Kier alpha value is -2.04. The molecular formula is C19H27NO4. The number of carbonyl (C=O) groups excluding carboxylic acids is 1. The topological polar surface area (TPSA) is 66.8 Å². The first-order valence-corrected chi connectivity index (χ1v) is 8.80. The van der Waals surface area contributed by atoms with Gasteiger partial charge in [0.1, 0.15) is 5.75 Å². The van der Waals surface area contributed by atoms with Crippen LogP contribution in [-0.4, -0.2) is 41.6 Å². The van der Waals surface area contributed by atoms with Gasteiger partial charge < -0.3 is 14.7 Å². The number of carbonyl (C=O) groups is 2. The fourth-order valence-corrected chi connectivity index (χ4v) is 3.26. The number of hydrogen-bond acceptors (Lipinski definition) is 3. The summed E-state index contributed by atoms with van der Waals surface area (Å²) in [6.45, 7) is 4.05. The number of aryl methyl sites for hydroxylation is 1. The van der Waals surface area contributed by atoms with Crippen LogP contribution in [0.15, 0.2) is 24.3 Å². The zero-order valence-electron chi connectivity index (χ0n) is 14.4. The Bertz CT molecular complexity index is 558. The van der Waals surface area contributed by atoms with Gasteiger partial charge in [-0.05, 0) is 50.2 Å². The standard InChI is InChI=1S/C19H27NO4/c1-2-24-17-8-4-3-7-16(17)10-11-18(21)20-13-5-6-15(14-20)9-12-19(22)23/h3-4,7-8,15H,2,5-6,9-14H2,1H3,(H,22,23)/t15-/m1/s1. The summed E-state index contributed by atoms with van der Waals surface area (Å²) in [5.41, 5.74) is 1.06. The Morgan fingerprint density at radius 2 is 2.08 bits per heavy atom. The molecule has 1 aromatic carbocycles. The lowest BCUT2D eigenvalue weighted by Gasteiger charge is -2.32. The Kier molecular flexibility index (Phi) is 7.09. The molecule has 2 rings (SSSR count). The van der Waals surface area contributed by atoms with E-state index < -0.39 is 5.97 Å². The molecule has 0 saturated carbocycles. The van der Waals surface area contributed by atoms with E-state index in [4.69, 9.17) is 9.84 Å². The first kappa shape index (κ1) is 18.3. The molecule has 0 aromatic heterocycles. The number of aliphatic carboxylic acids is 1. The normalized spacial score (nSPS) is 17.5. The van der Waals surface area contributed by atoms with Crippen LogP contribution in [0.3, 0.4) is 0 Å². The number of amides is 1. The molecule has 0 bridgehead atoms. The van der Waals surface area contributed by atoms with E-state index in [1.54, 1.807) is 0 Å². The lowest BCUT2D eigenvalue weighted by molar-refractivity contribution is -0.137. The molecule has 1 atom stereocenters. The van der Waals surface area contributed by atoms with Crippen molar-refractivity contribution >= 4 is 11.9 Å². The van der Waals surface area contributed by atoms with E-state index in [0.29, 0.717) is 38.3 Å². The van der Waals surface area contributed by atoms with Gasteiger partial charge in [-0.1, -0.05) is 18.2 Å². The third-order valence-electron chi connectivity index (χ3n) is 4.52. The average Bonchev–Trinajstić information content (AvgIpc) is 2.59. The molecule has 24 heavy (non-hydrogen) atoms. The molecule has 1 aromatic rings. The van der Waals surface area contributed by atoms with Crippen LogP contribution in [0.4, 0.5) is 0 Å². The Labute approximate surface area is 143 Å². The van der Waals surface area contributed by atoms with E-state index in [1.807, 2.05) is 36.1 Å². The van der Waals surface area contributed by atoms with Gasteiger partial charge in [-0.2, -0.15) is 0 Å². The smallest absolute Gasteiger partial charge is 0.303 e. The highest BCUT2D eigenvalue weighted by molar-refractivity contribution is 5.76. The van der Waals surface area contributed by atoms with Crippen LogP contribution in [0.2, 0.25) is 0 Å². The second-order valence-corrected chi connectivity index (χ2v) is 6.32. The quantitative estimate of drug-likeness (QED) is 0.794. The van der Waals surface area contributed by atoms with Crippen LogP contribution < -0.4 is 4.74 Å². The summed E-state index contributed by atoms with van der Waals surface area (Å²) in [6, 6.07) is 7.84. The second kappa shape index (κ2) is 9.30. The maximum absolute atomic E-state index is 12.5. The number of rotatable bonds is 8. The Morgan fingerprint density at radius 3 is 2.83 bits per heavy atom. The molecule has 1 amide bonds. The zero-order chi connectivity index (χ0) is 17.4. The number of likely N-dealkylation sites (tertiary alicyclic amines) is 1. The van der Waals surface area contributed by atoms with Gasteiger partial charge >= 0.3 is 5.97 Å². The number of hydrogen-bond donors (Lipinski definition) is 1. The van der Waals surface area contributed by atoms with E-state index in [1.165, 1.54) is 0 Å². The molecule has 0 spiro atoms. The Morgan fingerprint density at radius 1 is 1.29 bits per heavy atom. The van der Waals surface area contributed by atoms with Gasteiger partial charge in [0, 0.05) is 25.9 Å². The highest BCUT2D eigenvalue weighted by Crippen LogP contribution is 2.23. The van der Waals surface area contributed by atoms with Crippen molar-refractivity contribution < 1.29 is 19.4 Å². The van der Waals surface area contributed by atoms with Gasteiger partial charge in [-0.3, -0.25) is 9.59 Å². The number of piperidine rings is 1. The van der Waals surface area contributed by atoms with Crippen molar-refractivity contribution in [3.05, 3.63) is 29.8 Å². The van der Waals surface area contributed by atoms with Crippen LogP contribution in [0.1, 0.15) is 44.6 Å². The van der Waals surface area contributed by atoms with E-state index in [0.717, 1.165) is 30.7 Å². The maximum Gasteiger partial charge on any atom is 0.303 e. The summed E-state index contributed by atoms with van der Waals surface area (Å²) in [5, 5.41) is 8.81. The summed E-state index contributed by atoms with van der Waals surface area (Å²) in [6.07, 6.45) is 3.97. The first-order valence-electron chi connectivity index (χ1n) is 8.80. The molecule has 5 nitrogen and oxygen atoms in total. The predicted octanol–water partition coefficient (Wildman–Crippen LogP) is 3.12. The number of carboxylic acid groups (broad SMARTS) is 1. The molecule has 5 heteroatoms. The third-order valence-corrected chi connectivity index (χ3v) is 4.52. The summed E-state index contributed by atoms with van der Waals surface area (Å²) in [5.74, 6) is 0.563. The van der Waals surface area contributed by atoms with Crippen LogP contribution in [0.25, 0.3) is 0 Å². The molecule has 1 saturated heterocycles. The zero-order valence-corrected chi connectivity index (χ0v) is 14.4. The highest BCUT2D eigenvalue weighted by Gasteiger charge is 2.24. The average molecular weight is 333 g/mol. The molecule has 1 aliphatic heterocycles. The molecule has 0 radical (unpaired) electrons. The van der Waals surface area contributed by atoms with E-state index in [9.17, 15) is 9.59 Å². The number of carboxylic acids is 1. The molecule has 1 aliphatic rings. The third kappa shape index (κ3) is 5.55. The molecule has 132 valence electrons. The predicted molar refractivity (Wildman–Crippen MR) is 92.1 cm³/mol. The fraction of sp³-hybridized carbons (Fsp3) is 0.579. The first-order chi connectivity index (χ1) is 11.6. The van der Waals surface area contributed by atoms with Crippen LogP contribution in [-0.2, 0) is 16.0 Å². The molecule has 1 heterocycles. The SMILES string of the molecule is CCOc1ccccc1CCC(=O)N1CCC[C@H](CCC(=O)O)C1. The monoisotopic (exact) mass is 333 g/mol. The van der Waals surface area contributed by atoms with Gasteiger partial charge in [0.05, 0.1) is 6.61 Å². The minimum Gasteiger partial charge on any atom is -0.494 e. The number of nitrogens with zero attached hydrogens (tertiary/aromatic N) is 1.